The van der Waals surface area contributed by atoms with Crippen LogP contribution in [-0.4, -0.2) is 56.5 Å². The highest BCUT2D eigenvalue weighted by Crippen LogP contribution is 2.15. The smallest absolute Gasteiger partial charge is 0.224 e. The zero-order valence-electron chi connectivity index (χ0n) is 14.4. The Morgan fingerprint density at radius 3 is 2.62 bits per heavy atom. The van der Waals surface area contributed by atoms with Gasteiger partial charge in [0.2, 0.25) is 5.91 Å². The number of carbonyl (C=O) groups is 1. The number of anilines is 1. The monoisotopic (exact) mass is 328 g/mol. The average molecular weight is 328 g/mol. The summed E-state index contributed by atoms with van der Waals surface area (Å²) < 4.78 is 2.02. The van der Waals surface area contributed by atoms with Crippen LogP contribution < -0.4 is 4.90 Å². The molecule has 1 amide bonds. The van der Waals surface area contributed by atoms with Crippen molar-refractivity contribution in [3.05, 3.63) is 36.3 Å². The minimum absolute atomic E-state index is 0.208. The van der Waals surface area contributed by atoms with E-state index in [4.69, 9.17) is 0 Å². The Bertz CT molecular complexity index is 690. The van der Waals surface area contributed by atoms with E-state index in [0.29, 0.717) is 13.0 Å². The second-order valence-corrected chi connectivity index (χ2v) is 6.01. The van der Waals surface area contributed by atoms with Crippen molar-refractivity contribution >= 4 is 11.7 Å². The largest absolute Gasteiger partial charge is 0.353 e. The van der Waals surface area contributed by atoms with Crippen LogP contribution in [0.2, 0.25) is 0 Å². The molecule has 3 rings (SSSR count). The maximum Gasteiger partial charge on any atom is 0.224 e. The quantitative estimate of drug-likeness (QED) is 0.827. The Kier molecular flexibility index (Phi) is 5.08. The molecule has 7 nitrogen and oxygen atoms in total. The van der Waals surface area contributed by atoms with Crippen LogP contribution in [0.1, 0.15) is 24.9 Å². The number of piperazine rings is 1. The van der Waals surface area contributed by atoms with Crippen molar-refractivity contribution in [2.24, 2.45) is 0 Å². The molecule has 3 heterocycles. The van der Waals surface area contributed by atoms with Gasteiger partial charge in [-0.15, -0.1) is 0 Å². The van der Waals surface area contributed by atoms with Gasteiger partial charge in [0.05, 0.1) is 0 Å². The molecule has 128 valence electrons. The first-order valence-electron chi connectivity index (χ1n) is 8.48. The highest BCUT2D eigenvalue weighted by molar-refractivity contribution is 5.76. The topological polar surface area (TPSA) is 67.2 Å². The molecule has 0 aromatic carbocycles. The molecule has 7 heteroatoms. The maximum absolute atomic E-state index is 12.4. The molecular formula is C17H24N6O. The predicted octanol–water partition coefficient (Wildman–Crippen LogP) is 1.28. The Morgan fingerprint density at radius 2 is 1.96 bits per heavy atom. The summed E-state index contributed by atoms with van der Waals surface area (Å²) in [6, 6.07) is 2.04. The van der Waals surface area contributed by atoms with Crippen molar-refractivity contribution < 1.29 is 4.79 Å². The van der Waals surface area contributed by atoms with E-state index in [2.05, 4.69) is 26.8 Å². The van der Waals surface area contributed by atoms with E-state index >= 15 is 0 Å². The van der Waals surface area contributed by atoms with Gasteiger partial charge in [-0.3, -0.25) is 4.79 Å². The number of aromatic nitrogens is 4. The summed E-state index contributed by atoms with van der Waals surface area (Å²) in [6.07, 6.45) is 6.73. The minimum Gasteiger partial charge on any atom is -0.353 e. The number of carbonyl (C=O) groups excluding carboxylic acids is 1. The van der Waals surface area contributed by atoms with Crippen molar-refractivity contribution in [2.75, 3.05) is 31.1 Å². The minimum atomic E-state index is 0.208. The lowest BCUT2D eigenvalue weighted by Gasteiger charge is -2.35. The summed E-state index contributed by atoms with van der Waals surface area (Å²) in [4.78, 5) is 29.4. The molecule has 24 heavy (non-hydrogen) atoms. The third-order valence-corrected chi connectivity index (χ3v) is 4.52. The standard InChI is InChI=1S/C17H24N6O/c1-3-15-12-16(20-13-19-15)22-8-10-23(11-9-22)17(24)4-6-21-7-5-18-14(21)2/h5,7,12-13H,3-4,6,8-11H2,1-2H3. The molecule has 0 N–H and O–H groups in total. The van der Waals surface area contributed by atoms with Crippen LogP contribution in [0.25, 0.3) is 0 Å². The van der Waals surface area contributed by atoms with E-state index in [9.17, 15) is 4.79 Å². The molecule has 0 bridgehead atoms. The molecule has 0 spiro atoms. The summed E-state index contributed by atoms with van der Waals surface area (Å²) in [5, 5.41) is 0. The first-order valence-corrected chi connectivity index (χ1v) is 8.48. The normalized spacial score (nSPS) is 14.9. The van der Waals surface area contributed by atoms with E-state index in [0.717, 1.165) is 49.9 Å². The molecule has 1 saturated heterocycles. The highest BCUT2D eigenvalue weighted by Gasteiger charge is 2.22. The highest BCUT2D eigenvalue weighted by atomic mass is 16.2. The third-order valence-electron chi connectivity index (χ3n) is 4.52. The third kappa shape index (κ3) is 3.72. The van der Waals surface area contributed by atoms with E-state index in [-0.39, 0.29) is 5.91 Å². The lowest BCUT2D eigenvalue weighted by atomic mass is 10.2. The summed E-state index contributed by atoms with van der Waals surface area (Å²) >= 11 is 0. The lowest BCUT2D eigenvalue weighted by Crippen LogP contribution is -2.49. The van der Waals surface area contributed by atoms with Crippen molar-refractivity contribution in [1.29, 1.82) is 0 Å². The summed E-state index contributed by atoms with van der Waals surface area (Å²) in [7, 11) is 0. The molecule has 0 unspecified atom stereocenters. The van der Waals surface area contributed by atoms with E-state index in [1.807, 2.05) is 28.7 Å². The first kappa shape index (κ1) is 16.4. The molecule has 1 fully saturated rings. The van der Waals surface area contributed by atoms with Gasteiger partial charge in [-0.1, -0.05) is 6.92 Å². The molecule has 2 aromatic heterocycles. The van der Waals surface area contributed by atoms with Crippen molar-refractivity contribution in [2.45, 2.75) is 33.2 Å². The van der Waals surface area contributed by atoms with Crippen molar-refractivity contribution in [1.82, 2.24) is 24.4 Å². The van der Waals surface area contributed by atoms with Crippen LogP contribution in [0, 0.1) is 6.92 Å². The van der Waals surface area contributed by atoms with Crippen molar-refractivity contribution in [3.8, 4) is 0 Å². The number of hydrogen-bond acceptors (Lipinski definition) is 5. The molecule has 0 aliphatic carbocycles. The van der Waals surface area contributed by atoms with E-state index in [1.165, 1.54) is 0 Å². The Morgan fingerprint density at radius 1 is 1.17 bits per heavy atom. The maximum atomic E-state index is 12.4. The zero-order valence-corrected chi connectivity index (χ0v) is 14.4. The Balaban J connectivity index is 1.51. The van der Waals surface area contributed by atoms with Crippen LogP contribution in [0.4, 0.5) is 5.82 Å². The Labute approximate surface area is 142 Å². The molecule has 0 saturated carbocycles. The number of imidazole rings is 1. The number of rotatable bonds is 5. The summed E-state index contributed by atoms with van der Waals surface area (Å²) in [5.41, 5.74) is 1.05. The summed E-state index contributed by atoms with van der Waals surface area (Å²) in [5.74, 6) is 2.12. The van der Waals surface area contributed by atoms with E-state index in [1.54, 1.807) is 12.5 Å². The SMILES string of the molecule is CCc1cc(N2CCN(C(=O)CCn3ccnc3C)CC2)ncn1. The molecule has 0 atom stereocenters. The number of hydrogen-bond donors (Lipinski definition) is 0. The fourth-order valence-electron chi connectivity index (χ4n) is 2.95. The lowest BCUT2D eigenvalue weighted by molar-refractivity contribution is -0.131. The van der Waals surface area contributed by atoms with Gasteiger partial charge in [0.1, 0.15) is 18.0 Å². The van der Waals surface area contributed by atoms with Crippen LogP contribution in [-0.2, 0) is 17.8 Å². The van der Waals surface area contributed by atoms with Crippen molar-refractivity contribution in [3.63, 3.8) is 0 Å². The van der Waals surface area contributed by atoms with Gasteiger partial charge in [0.15, 0.2) is 0 Å². The summed E-state index contributed by atoms with van der Waals surface area (Å²) in [6.45, 7) is 7.85. The fourth-order valence-corrected chi connectivity index (χ4v) is 2.95. The molecule has 1 aliphatic rings. The van der Waals surface area contributed by atoms with Crippen LogP contribution in [0.5, 0.6) is 0 Å². The van der Waals surface area contributed by atoms with Crippen LogP contribution in [0.15, 0.2) is 24.8 Å². The molecule has 1 aliphatic heterocycles. The Hall–Kier alpha value is -2.44. The number of aryl methyl sites for hydroxylation is 3. The van der Waals surface area contributed by atoms with Gasteiger partial charge in [-0.2, -0.15) is 0 Å². The average Bonchev–Trinajstić information content (AvgIpc) is 3.05. The van der Waals surface area contributed by atoms with Gasteiger partial charge in [-0.25, -0.2) is 15.0 Å². The van der Waals surface area contributed by atoms with Crippen LogP contribution in [0.3, 0.4) is 0 Å². The van der Waals surface area contributed by atoms with Crippen LogP contribution >= 0.6 is 0 Å². The number of amides is 1. The van der Waals surface area contributed by atoms with Gasteiger partial charge in [0.25, 0.3) is 0 Å². The first-order chi connectivity index (χ1) is 11.7. The van der Waals surface area contributed by atoms with E-state index < -0.39 is 0 Å². The zero-order chi connectivity index (χ0) is 16.9. The predicted molar refractivity (Wildman–Crippen MR) is 91.8 cm³/mol. The van der Waals surface area contributed by atoms with Gasteiger partial charge >= 0.3 is 0 Å². The fraction of sp³-hybridized carbons (Fsp3) is 0.529. The second-order valence-electron chi connectivity index (χ2n) is 6.01. The molecule has 2 aromatic rings. The van der Waals surface area contributed by atoms with Gasteiger partial charge in [0, 0.05) is 63.3 Å². The molecule has 0 radical (unpaired) electrons. The van der Waals surface area contributed by atoms with Gasteiger partial charge < -0.3 is 14.4 Å². The second kappa shape index (κ2) is 7.42. The van der Waals surface area contributed by atoms with Gasteiger partial charge in [-0.05, 0) is 13.3 Å². The molecular weight excluding hydrogens is 304 g/mol. The number of nitrogens with zero attached hydrogens (tertiary/aromatic N) is 6.